The van der Waals surface area contributed by atoms with Crippen LogP contribution in [0.25, 0.3) is 0 Å². The minimum absolute atomic E-state index is 0.0452. The molecular formula is C11H14ClNO4. The van der Waals surface area contributed by atoms with Crippen LogP contribution < -0.4 is 5.32 Å². The zero-order valence-corrected chi connectivity index (χ0v) is 10.3. The third-order valence-electron chi connectivity index (χ3n) is 2.17. The van der Waals surface area contributed by atoms with Gasteiger partial charge in [0.05, 0.1) is 11.8 Å². The molecule has 1 amide bonds. The summed E-state index contributed by atoms with van der Waals surface area (Å²) in [6.07, 6.45) is 1.63. The van der Waals surface area contributed by atoms with Gasteiger partial charge < -0.3 is 14.8 Å². The minimum Gasteiger partial charge on any atom is -0.480 e. The summed E-state index contributed by atoms with van der Waals surface area (Å²) in [5.41, 5.74) is 0.140. The van der Waals surface area contributed by atoms with E-state index in [0.717, 1.165) is 0 Å². The van der Waals surface area contributed by atoms with Gasteiger partial charge in [-0.3, -0.25) is 4.79 Å². The van der Waals surface area contributed by atoms with Crippen LogP contribution in [-0.4, -0.2) is 23.0 Å². The number of rotatable bonds is 5. The maximum atomic E-state index is 11.7. The minimum atomic E-state index is -1.06. The summed E-state index contributed by atoms with van der Waals surface area (Å²) in [7, 11) is 0. The van der Waals surface area contributed by atoms with Crippen LogP contribution in [0.15, 0.2) is 16.7 Å². The molecule has 0 aromatic carbocycles. The first kappa shape index (κ1) is 13.6. The summed E-state index contributed by atoms with van der Waals surface area (Å²) in [6, 6.07) is 0.472. The lowest BCUT2D eigenvalue weighted by Crippen LogP contribution is -2.41. The zero-order valence-electron chi connectivity index (χ0n) is 9.57. The fourth-order valence-corrected chi connectivity index (χ4v) is 1.58. The van der Waals surface area contributed by atoms with Gasteiger partial charge in [-0.15, -0.1) is 0 Å². The molecule has 1 aromatic heterocycles. The Morgan fingerprint density at radius 3 is 2.59 bits per heavy atom. The number of carboxylic acids is 1. The quantitative estimate of drug-likeness (QED) is 0.849. The van der Waals surface area contributed by atoms with Crippen molar-refractivity contribution in [3.63, 3.8) is 0 Å². The average molecular weight is 260 g/mol. The first-order valence-corrected chi connectivity index (χ1v) is 5.56. The standard InChI is InChI=1S/C11H14ClNO4/c1-6(2)5-8(11(15)16)13-10(14)7-3-4-17-9(7)12/h3-4,6,8H,5H2,1-2H3,(H,13,14)(H,15,16)/t8-/m0/s1. The van der Waals surface area contributed by atoms with Gasteiger partial charge in [-0.1, -0.05) is 13.8 Å². The smallest absolute Gasteiger partial charge is 0.326 e. The Morgan fingerprint density at radius 1 is 1.53 bits per heavy atom. The maximum Gasteiger partial charge on any atom is 0.326 e. The number of carboxylic acid groups (broad SMARTS) is 1. The van der Waals surface area contributed by atoms with Crippen LogP contribution in [0.3, 0.4) is 0 Å². The zero-order chi connectivity index (χ0) is 13.0. The Kier molecular flexibility index (Phi) is 4.57. The Morgan fingerprint density at radius 2 is 2.18 bits per heavy atom. The monoisotopic (exact) mass is 259 g/mol. The lowest BCUT2D eigenvalue weighted by Gasteiger charge is -2.15. The van der Waals surface area contributed by atoms with Crippen molar-refractivity contribution < 1.29 is 19.1 Å². The van der Waals surface area contributed by atoms with Gasteiger partial charge in [0.15, 0.2) is 0 Å². The van der Waals surface area contributed by atoms with Crippen molar-refractivity contribution in [2.45, 2.75) is 26.3 Å². The summed E-state index contributed by atoms with van der Waals surface area (Å²) < 4.78 is 4.77. The highest BCUT2D eigenvalue weighted by Gasteiger charge is 2.23. The van der Waals surface area contributed by atoms with E-state index in [1.807, 2.05) is 13.8 Å². The van der Waals surface area contributed by atoms with Gasteiger partial charge >= 0.3 is 5.97 Å². The van der Waals surface area contributed by atoms with E-state index in [2.05, 4.69) is 5.32 Å². The van der Waals surface area contributed by atoms with Crippen LogP contribution in [0.4, 0.5) is 0 Å². The van der Waals surface area contributed by atoms with Crippen LogP contribution in [0.1, 0.15) is 30.6 Å². The molecule has 94 valence electrons. The average Bonchev–Trinajstić information content (AvgIpc) is 2.62. The summed E-state index contributed by atoms with van der Waals surface area (Å²) in [4.78, 5) is 22.7. The highest BCUT2D eigenvalue weighted by molar-refractivity contribution is 6.32. The van der Waals surface area contributed by atoms with Gasteiger partial charge in [-0.05, 0) is 30.0 Å². The van der Waals surface area contributed by atoms with Crippen LogP contribution >= 0.6 is 11.6 Å². The predicted octanol–water partition coefficient (Wildman–Crippen LogP) is 2.16. The number of furan rings is 1. The third kappa shape index (κ3) is 3.78. The molecule has 0 radical (unpaired) electrons. The molecule has 0 saturated heterocycles. The van der Waals surface area contributed by atoms with Gasteiger partial charge in [-0.25, -0.2) is 4.79 Å². The number of carbonyl (C=O) groups is 2. The van der Waals surface area contributed by atoms with Crippen molar-refractivity contribution in [1.82, 2.24) is 5.32 Å². The summed E-state index contributed by atoms with van der Waals surface area (Å²) in [6.45, 7) is 3.76. The molecule has 0 unspecified atom stereocenters. The van der Waals surface area contributed by atoms with Gasteiger partial charge in [0.1, 0.15) is 6.04 Å². The second-order valence-corrected chi connectivity index (χ2v) is 4.45. The highest BCUT2D eigenvalue weighted by Crippen LogP contribution is 2.17. The largest absolute Gasteiger partial charge is 0.480 e. The predicted molar refractivity (Wildman–Crippen MR) is 62.1 cm³/mol. The molecule has 1 rings (SSSR count). The first-order valence-electron chi connectivity index (χ1n) is 5.18. The maximum absolute atomic E-state index is 11.7. The molecule has 0 saturated carbocycles. The molecule has 0 aliphatic rings. The van der Waals surface area contributed by atoms with Crippen molar-refractivity contribution in [1.29, 1.82) is 0 Å². The molecule has 0 fully saturated rings. The van der Waals surface area contributed by atoms with Gasteiger partial charge in [0.2, 0.25) is 5.22 Å². The van der Waals surface area contributed by atoms with E-state index >= 15 is 0 Å². The van der Waals surface area contributed by atoms with E-state index < -0.39 is 17.9 Å². The summed E-state index contributed by atoms with van der Waals surface area (Å²) in [5, 5.41) is 11.3. The Hall–Kier alpha value is -1.49. The van der Waals surface area contributed by atoms with Crippen molar-refractivity contribution in [2.75, 3.05) is 0 Å². The molecular weight excluding hydrogens is 246 g/mol. The molecule has 0 aliphatic carbocycles. The topological polar surface area (TPSA) is 79.5 Å². The highest BCUT2D eigenvalue weighted by atomic mass is 35.5. The number of amides is 1. The molecule has 1 heterocycles. The molecule has 5 nitrogen and oxygen atoms in total. The second-order valence-electron chi connectivity index (χ2n) is 4.10. The number of hydrogen-bond acceptors (Lipinski definition) is 3. The Balaban J connectivity index is 2.71. The first-order chi connectivity index (χ1) is 7.91. The van der Waals surface area contributed by atoms with E-state index in [-0.39, 0.29) is 16.7 Å². The van der Waals surface area contributed by atoms with Crippen LogP contribution in [-0.2, 0) is 4.79 Å². The van der Waals surface area contributed by atoms with Crippen molar-refractivity contribution in [3.05, 3.63) is 23.1 Å². The molecule has 1 atom stereocenters. The number of aliphatic carboxylic acids is 1. The molecule has 6 heteroatoms. The van der Waals surface area contributed by atoms with Crippen LogP contribution in [0.2, 0.25) is 5.22 Å². The number of hydrogen-bond donors (Lipinski definition) is 2. The SMILES string of the molecule is CC(C)C[C@H](NC(=O)c1ccoc1Cl)C(=O)O. The van der Waals surface area contributed by atoms with Gasteiger partial charge in [0.25, 0.3) is 5.91 Å². The van der Waals surface area contributed by atoms with E-state index in [4.69, 9.17) is 21.1 Å². The van der Waals surface area contributed by atoms with Gasteiger partial charge in [0, 0.05) is 0 Å². The molecule has 2 N–H and O–H groups in total. The second kappa shape index (κ2) is 5.72. The molecule has 17 heavy (non-hydrogen) atoms. The van der Waals surface area contributed by atoms with Crippen molar-refractivity contribution in [2.24, 2.45) is 5.92 Å². The number of nitrogens with one attached hydrogen (secondary N) is 1. The fraction of sp³-hybridized carbons (Fsp3) is 0.455. The van der Waals surface area contributed by atoms with Crippen LogP contribution in [0, 0.1) is 5.92 Å². The number of halogens is 1. The Bertz CT molecular complexity index is 413. The summed E-state index contributed by atoms with van der Waals surface area (Å²) >= 11 is 5.63. The lowest BCUT2D eigenvalue weighted by molar-refractivity contribution is -0.139. The van der Waals surface area contributed by atoms with Crippen molar-refractivity contribution in [3.8, 4) is 0 Å². The van der Waals surface area contributed by atoms with E-state index in [0.29, 0.717) is 6.42 Å². The van der Waals surface area contributed by atoms with Crippen molar-refractivity contribution >= 4 is 23.5 Å². The van der Waals surface area contributed by atoms with E-state index in [1.54, 1.807) is 0 Å². The number of carbonyl (C=O) groups excluding carboxylic acids is 1. The van der Waals surface area contributed by atoms with E-state index in [1.165, 1.54) is 12.3 Å². The molecule has 0 aliphatic heterocycles. The molecule has 0 spiro atoms. The lowest BCUT2D eigenvalue weighted by atomic mass is 10.0. The molecule has 0 bridgehead atoms. The Labute approximate surface area is 104 Å². The van der Waals surface area contributed by atoms with E-state index in [9.17, 15) is 9.59 Å². The van der Waals surface area contributed by atoms with Crippen LogP contribution in [0.5, 0.6) is 0 Å². The summed E-state index contributed by atoms with van der Waals surface area (Å²) in [5.74, 6) is -1.44. The molecule has 1 aromatic rings. The normalized spacial score (nSPS) is 12.5. The fourth-order valence-electron chi connectivity index (χ4n) is 1.38. The third-order valence-corrected chi connectivity index (χ3v) is 2.47. The van der Waals surface area contributed by atoms with Gasteiger partial charge in [-0.2, -0.15) is 0 Å².